The summed E-state index contributed by atoms with van der Waals surface area (Å²) < 4.78 is 16.6. The van der Waals surface area contributed by atoms with Crippen LogP contribution in [-0.2, 0) is 37.5 Å². The van der Waals surface area contributed by atoms with E-state index in [0.717, 1.165) is 14.2 Å². The lowest BCUT2D eigenvalue weighted by molar-refractivity contribution is -0.385. The number of aryl methyl sites for hydroxylation is 1. The Bertz CT molecular complexity index is 1070. The predicted molar refractivity (Wildman–Crippen MR) is 115 cm³/mol. The Hall–Kier alpha value is -3.82. The molecule has 12 heteroatoms. The third kappa shape index (κ3) is 5.71. The van der Waals surface area contributed by atoms with E-state index >= 15 is 0 Å². The van der Waals surface area contributed by atoms with Crippen LogP contribution in [0.1, 0.15) is 29.7 Å². The fraction of sp³-hybridized carbons (Fsp3) is 0.429. The molecule has 1 heterocycles. The monoisotopic (exact) mass is 459 g/mol. The third-order valence-corrected chi connectivity index (χ3v) is 4.94. The van der Waals surface area contributed by atoms with Gasteiger partial charge in [0.1, 0.15) is 11.6 Å². The van der Waals surface area contributed by atoms with E-state index in [2.05, 4.69) is 19.9 Å². The first-order chi connectivity index (χ1) is 15.7. The Morgan fingerprint density at radius 2 is 1.94 bits per heavy atom. The highest BCUT2D eigenvalue weighted by atomic mass is 16.6. The topological polar surface area (TPSA) is 159 Å². The second kappa shape index (κ2) is 11.2. The van der Waals surface area contributed by atoms with E-state index in [9.17, 15) is 25.0 Å². The van der Waals surface area contributed by atoms with Crippen LogP contribution in [-0.4, -0.2) is 60.6 Å². The Morgan fingerprint density at radius 1 is 1.30 bits per heavy atom. The van der Waals surface area contributed by atoms with Gasteiger partial charge in [0.2, 0.25) is 0 Å². The van der Waals surface area contributed by atoms with Gasteiger partial charge in [-0.1, -0.05) is 0 Å². The molecule has 1 aromatic carbocycles. The van der Waals surface area contributed by atoms with Crippen molar-refractivity contribution in [2.24, 2.45) is 7.05 Å². The van der Waals surface area contributed by atoms with E-state index in [1.54, 1.807) is 26.4 Å². The van der Waals surface area contributed by atoms with Gasteiger partial charge in [0, 0.05) is 24.8 Å². The molecule has 0 aliphatic carbocycles. The Labute approximate surface area is 190 Å². The van der Waals surface area contributed by atoms with E-state index in [4.69, 9.17) is 4.74 Å². The third-order valence-electron chi connectivity index (χ3n) is 4.94. The quantitative estimate of drug-likeness (QED) is 0.238. The molecule has 0 radical (unpaired) electrons. The molecule has 0 bridgehead atoms. The van der Waals surface area contributed by atoms with Crippen molar-refractivity contribution in [3.8, 4) is 17.2 Å². The lowest BCUT2D eigenvalue weighted by atomic mass is 9.90. The highest BCUT2D eigenvalue weighted by Gasteiger charge is 2.38. The standard InChI is InChI=1S/C21H25N5O7/c1-12(23-2)10-33-11-17-16(9-25(3)24-17)13-6-14(8-22)19(26(29)30)15(7-13)18(20(27)31-4)21(28)32-5/h6-7,9,12,18,23H,10-11H2,1-5H3. The van der Waals surface area contributed by atoms with Gasteiger partial charge < -0.3 is 19.5 Å². The second-order valence-corrected chi connectivity index (χ2v) is 7.18. The fourth-order valence-corrected chi connectivity index (χ4v) is 3.21. The largest absolute Gasteiger partial charge is 0.468 e. The summed E-state index contributed by atoms with van der Waals surface area (Å²) in [7, 11) is 5.58. The van der Waals surface area contributed by atoms with Gasteiger partial charge in [0.05, 0.1) is 43.6 Å². The number of benzene rings is 1. The van der Waals surface area contributed by atoms with Gasteiger partial charge in [0.15, 0.2) is 5.92 Å². The number of ether oxygens (including phenoxy) is 3. The van der Waals surface area contributed by atoms with E-state index in [1.165, 1.54) is 16.8 Å². The van der Waals surface area contributed by atoms with Crippen LogP contribution in [0, 0.1) is 21.4 Å². The predicted octanol–water partition coefficient (Wildman–Crippen LogP) is 1.42. The molecule has 0 spiro atoms. The summed E-state index contributed by atoms with van der Waals surface area (Å²) in [6.45, 7) is 2.49. The van der Waals surface area contributed by atoms with Gasteiger partial charge in [-0.25, -0.2) is 0 Å². The lowest BCUT2D eigenvalue weighted by Crippen LogP contribution is -2.26. The van der Waals surface area contributed by atoms with Gasteiger partial charge >= 0.3 is 11.9 Å². The molecular formula is C21H25N5O7. The van der Waals surface area contributed by atoms with Crippen molar-refractivity contribution in [2.75, 3.05) is 27.9 Å². The SMILES string of the molecule is CNC(C)COCc1nn(C)cc1-c1cc(C#N)c([N+](=O)[O-])c(C(C(=O)OC)C(=O)OC)c1. The fourth-order valence-electron chi connectivity index (χ4n) is 3.21. The number of rotatable bonds is 10. The number of nitrogens with zero attached hydrogens (tertiary/aromatic N) is 4. The number of nitro benzene ring substituents is 1. The lowest BCUT2D eigenvalue weighted by Gasteiger charge is -2.15. The highest BCUT2D eigenvalue weighted by Crippen LogP contribution is 2.37. The molecule has 0 fully saturated rings. The molecule has 176 valence electrons. The van der Waals surface area contributed by atoms with Gasteiger partial charge in [-0.2, -0.15) is 10.4 Å². The average Bonchev–Trinajstić information content (AvgIpc) is 3.17. The maximum Gasteiger partial charge on any atom is 0.324 e. The van der Waals surface area contributed by atoms with Crippen LogP contribution in [0.25, 0.3) is 11.1 Å². The van der Waals surface area contributed by atoms with Crippen LogP contribution in [0.4, 0.5) is 5.69 Å². The van der Waals surface area contributed by atoms with Crippen molar-refractivity contribution >= 4 is 17.6 Å². The van der Waals surface area contributed by atoms with Crippen LogP contribution in [0.2, 0.25) is 0 Å². The van der Waals surface area contributed by atoms with Gasteiger partial charge in [-0.05, 0) is 31.7 Å². The normalized spacial score (nSPS) is 11.7. The number of carbonyl (C=O) groups is 2. The summed E-state index contributed by atoms with van der Waals surface area (Å²) in [5.41, 5.74) is 0.0648. The Kier molecular flexibility index (Phi) is 8.61. The zero-order valence-corrected chi connectivity index (χ0v) is 18.9. The van der Waals surface area contributed by atoms with Crippen molar-refractivity contribution < 1.29 is 28.7 Å². The number of nitrogens with one attached hydrogen (secondary N) is 1. The molecule has 1 N–H and O–H groups in total. The van der Waals surface area contributed by atoms with E-state index in [1.807, 2.05) is 6.92 Å². The summed E-state index contributed by atoms with van der Waals surface area (Å²) >= 11 is 0. The molecule has 2 aromatic rings. The molecule has 33 heavy (non-hydrogen) atoms. The van der Waals surface area contributed by atoms with Crippen molar-refractivity contribution in [3.05, 3.63) is 45.3 Å². The first-order valence-corrected chi connectivity index (χ1v) is 9.84. The first-order valence-electron chi connectivity index (χ1n) is 9.84. The van der Waals surface area contributed by atoms with Crippen LogP contribution >= 0.6 is 0 Å². The zero-order valence-electron chi connectivity index (χ0n) is 18.9. The van der Waals surface area contributed by atoms with E-state index < -0.39 is 28.5 Å². The number of nitro groups is 1. The number of esters is 2. The van der Waals surface area contributed by atoms with Crippen LogP contribution in [0.3, 0.4) is 0 Å². The molecule has 0 saturated heterocycles. The minimum absolute atomic E-state index is 0.106. The maximum absolute atomic E-state index is 12.4. The first kappa shape index (κ1) is 25.4. The molecule has 12 nitrogen and oxygen atoms in total. The number of hydrogen-bond acceptors (Lipinski definition) is 10. The molecule has 0 amide bonds. The number of aromatic nitrogens is 2. The second-order valence-electron chi connectivity index (χ2n) is 7.18. The minimum atomic E-state index is -1.75. The number of nitriles is 1. The van der Waals surface area contributed by atoms with Crippen molar-refractivity contribution in [2.45, 2.75) is 25.5 Å². The van der Waals surface area contributed by atoms with Crippen molar-refractivity contribution in [1.82, 2.24) is 15.1 Å². The van der Waals surface area contributed by atoms with Crippen LogP contribution < -0.4 is 5.32 Å². The molecule has 2 rings (SSSR count). The number of likely N-dealkylation sites (N-methyl/N-ethyl adjacent to an activating group) is 1. The maximum atomic E-state index is 12.4. The molecule has 0 saturated carbocycles. The van der Waals surface area contributed by atoms with E-state index in [-0.39, 0.29) is 23.8 Å². The summed E-state index contributed by atoms with van der Waals surface area (Å²) in [5, 5.41) is 28.8. The number of hydrogen-bond donors (Lipinski definition) is 1. The molecule has 1 aromatic heterocycles. The summed E-state index contributed by atoms with van der Waals surface area (Å²) in [4.78, 5) is 35.7. The summed E-state index contributed by atoms with van der Waals surface area (Å²) in [5.74, 6) is -3.86. The number of methoxy groups -OCH3 is 2. The van der Waals surface area contributed by atoms with Gasteiger partial charge in [0.25, 0.3) is 5.69 Å². The summed E-state index contributed by atoms with van der Waals surface area (Å²) in [6, 6.07) is 4.49. The molecule has 0 aliphatic heterocycles. The average molecular weight is 459 g/mol. The van der Waals surface area contributed by atoms with Crippen molar-refractivity contribution in [1.29, 1.82) is 5.26 Å². The molecule has 1 unspecified atom stereocenters. The Morgan fingerprint density at radius 3 is 2.45 bits per heavy atom. The van der Waals surface area contributed by atoms with Gasteiger partial charge in [-0.3, -0.25) is 24.4 Å². The zero-order chi connectivity index (χ0) is 24.7. The van der Waals surface area contributed by atoms with Crippen LogP contribution in [0.15, 0.2) is 18.3 Å². The van der Waals surface area contributed by atoms with E-state index in [0.29, 0.717) is 23.4 Å². The Balaban J connectivity index is 2.69. The van der Waals surface area contributed by atoms with Crippen LogP contribution in [0.5, 0.6) is 0 Å². The molecule has 0 aliphatic rings. The number of carbonyl (C=O) groups excluding carboxylic acids is 2. The van der Waals surface area contributed by atoms with Crippen molar-refractivity contribution in [3.63, 3.8) is 0 Å². The molecular weight excluding hydrogens is 434 g/mol. The van der Waals surface area contributed by atoms with Gasteiger partial charge in [-0.15, -0.1) is 0 Å². The minimum Gasteiger partial charge on any atom is -0.468 e. The summed E-state index contributed by atoms with van der Waals surface area (Å²) in [6.07, 6.45) is 1.65. The molecule has 1 atom stereocenters. The highest BCUT2D eigenvalue weighted by molar-refractivity contribution is 6.02. The smallest absolute Gasteiger partial charge is 0.324 e.